The molecular formula is C13H9BrF5N3O. The van der Waals surface area contributed by atoms with Crippen LogP contribution in [0.4, 0.5) is 33.6 Å². The van der Waals surface area contributed by atoms with Crippen LogP contribution in [0.2, 0.25) is 0 Å². The summed E-state index contributed by atoms with van der Waals surface area (Å²) in [7, 11) is 2.41. The largest absolute Gasteiger partial charge is 0.433 e. The molecule has 0 spiro atoms. The minimum Gasteiger partial charge on any atom is -0.312 e. The molecule has 10 heteroatoms. The zero-order valence-electron chi connectivity index (χ0n) is 11.7. The molecule has 1 aromatic carbocycles. The van der Waals surface area contributed by atoms with Crippen molar-refractivity contribution < 1.29 is 22.0 Å². The Labute approximate surface area is 135 Å². The third-order valence-corrected chi connectivity index (χ3v) is 3.80. The van der Waals surface area contributed by atoms with Crippen LogP contribution in [0.15, 0.2) is 27.5 Å². The Morgan fingerprint density at radius 1 is 1.26 bits per heavy atom. The molecule has 124 valence electrons. The summed E-state index contributed by atoms with van der Waals surface area (Å²) in [6, 6.07) is 2.31. The van der Waals surface area contributed by atoms with Gasteiger partial charge in [-0.15, -0.1) is 0 Å². The number of benzene rings is 1. The fourth-order valence-corrected chi connectivity index (χ4v) is 2.19. The highest BCUT2D eigenvalue weighted by molar-refractivity contribution is 9.10. The fraction of sp³-hybridized carbons (Fsp3) is 0.231. The van der Waals surface area contributed by atoms with Gasteiger partial charge in [0.15, 0.2) is 11.5 Å². The van der Waals surface area contributed by atoms with Crippen molar-refractivity contribution in [1.29, 1.82) is 0 Å². The van der Waals surface area contributed by atoms with E-state index in [-0.39, 0.29) is 5.69 Å². The molecule has 2 rings (SSSR count). The summed E-state index contributed by atoms with van der Waals surface area (Å²) in [5.74, 6) is -2.34. The molecular weight excluding hydrogens is 389 g/mol. The van der Waals surface area contributed by atoms with Gasteiger partial charge >= 0.3 is 6.18 Å². The molecule has 0 atom stereocenters. The average molecular weight is 398 g/mol. The summed E-state index contributed by atoms with van der Waals surface area (Å²) in [5.41, 5.74) is -2.61. The van der Waals surface area contributed by atoms with Gasteiger partial charge in [0, 0.05) is 20.2 Å². The second-order valence-electron chi connectivity index (χ2n) is 4.59. The van der Waals surface area contributed by atoms with Crippen LogP contribution in [-0.2, 0) is 13.2 Å². The third-order valence-electron chi connectivity index (χ3n) is 3.08. The zero-order chi connectivity index (χ0) is 17.5. The van der Waals surface area contributed by atoms with Crippen LogP contribution in [0.1, 0.15) is 5.69 Å². The summed E-state index contributed by atoms with van der Waals surface area (Å²) in [4.78, 5) is 16.0. The summed E-state index contributed by atoms with van der Waals surface area (Å²) < 4.78 is 66.1. The first-order chi connectivity index (χ1) is 10.5. The van der Waals surface area contributed by atoms with E-state index >= 15 is 0 Å². The van der Waals surface area contributed by atoms with Crippen molar-refractivity contribution in [3.05, 3.63) is 50.4 Å². The lowest BCUT2D eigenvalue weighted by atomic mass is 10.2. The van der Waals surface area contributed by atoms with Crippen LogP contribution < -0.4 is 10.5 Å². The highest BCUT2D eigenvalue weighted by atomic mass is 79.9. The average Bonchev–Trinajstić information content (AvgIpc) is 2.46. The first-order valence-electron chi connectivity index (χ1n) is 6.06. The van der Waals surface area contributed by atoms with Gasteiger partial charge in [0.25, 0.3) is 5.56 Å². The molecule has 2 aromatic rings. The maximum Gasteiger partial charge on any atom is 0.433 e. The molecule has 0 aliphatic carbocycles. The number of alkyl halides is 3. The maximum atomic E-state index is 14.1. The van der Waals surface area contributed by atoms with Crippen LogP contribution in [0, 0.1) is 11.6 Å². The summed E-state index contributed by atoms with van der Waals surface area (Å²) in [6.07, 6.45) is -4.83. The summed E-state index contributed by atoms with van der Waals surface area (Å²) >= 11 is 2.70. The minimum atomic E-state index is -4.83. The molecule has 1 heterocycles. The Bertz CT molecular complexity index is 818. The van der Waals surface area contributed by atoms with Gasteiger partial charge < -0.3 is 4.90 Å². The van der Waals surface area contributed by atoms with Crippen LogP contribution in [0.5, 0.6) is 0 Å². The molecule has 23 heavy (non-hydrogen) atoms. The van der Waals surface area contributed by atoms with Crippen molar-refractivity contribution in [3.8, 4) is 0 Å². The van der Waals surface area contributed by atoms with E-state index in [9.17, 15) is 26.7 Å². The Morgan fingerprint density at radius 2 is 1.87 bits per heavy atom. The Hall–Kier alpha value is -1.97. The topological polar surface area (TPSA) is 38.1 Å². The van der Waals surface area contributed by atoms with Crippen molar-refractivity contribution in [2.45, 2.75) is 6.18 Å². The number of hydrogen-bond acceptors (Lipinski definition) is 3. The van der Waals surface area contributed by atoms with Crippen LogP contribution in [-0.4, -0.2) is 16.6 Å². The SMILES string of the molecule is CN(c1ccc(F)c(Br)c1F)c1nc(C(F)(F)F)cc(=O)n1C. The van der Waals surface area contributed by atoms with Crippen molar-refractivity contribution in [3.63, 3.8) is 0 Å². The second kappa shape index (κ2) is 5.91. The van der Waals surface area contributed by atoms with Crippen LogP contribution in [0.3, 0.4) is 0 Å². The monoisotopic (exact) mass is 397 g/mol. The standard InChI is InChI=1S/C13H9BrF5N3O/c1-21(7-4-3-6(15)10(14)11(7)16)12-20-8(13(17,18)19)5-9(23)22(12)2/h3-5H,1-2H3. The normalized spacial score (nSPS) is 11.7. The van der Waals surface area contributed by atoms with Gasteiger partial charge in [-0.3, -0.25) is 9.36 Å². The van der Waals surface area contributed by atoms with Crippen molar-refractivity contribution in [2.24, 2.45) is 7.05 Å². The van der Waals surface area contributed by atoms with E-state index in [2.05, 4.69) is 20.9 Å². The smallest absolute Gasteiger partial charge is 0.312 e. The van der Waals surface area contributed by atoms with Crippen molar-refractivity contribution in [2.75, 3.05) is 11.9 Å². The molecule has 0 radical (unpaired) electrons. The molecule has 0 saturated heterocycles. The number of rotatable bonds is 2. The first kappa shape index (κ1) is 17.4. The van der Waals surface area contributed by atoms with E-state index in [0.29, 0.717) is 6.07 Å². The van der Waals surface area contributed by atoms with Crippen molar-refractivity contribution >= 4 is 27.6 Å². The number of aromatic nitrogens is 2. The summed E-state index contributed by atoms with van der Waals surface area (Å²) in [5, 5.41) is 0. The molecule has 0 fully saturated rings. The molecule has 0 bridgehead atoms. The molecule has 4 nitrogen and oxygen atoms in total. The number of hydrogen-bond donors (Lipinski definition) is 0. The van der Waals surface area contributed by atoms with Crippen LogP contribution in [0.25, 0.3) is 0 Å². The zero-order valence-corrected chi connectivity index (χ0v) is 13.3. The van der Waals surface area contributed by atoms with Gasteiger partial charge in [0.05, 0.1) is 10.2 Å². The van der Waals surface area contributed by atoms with Gasteiger partial charge in [-0.25, -0.2) is 13.8 Å². The lowest BCUT2D eigenvalue weighted by molar-refractivity contribution is -0.141. The van der Waals surface area contributed by atoms with Gasteiger partial charge in [0.1, 0.15) is 5.82 Å². The number of anilines is 2. The van der Waals surface area contributed by atoms with E-state index in [1.54, 1.807) is 0 Å². The highest BCUT2D eigenvalue weighted by Crippen LogP contribution is 2.32. The van der Waals surface area contributed by atoms with Gasteiger partial charge in [-0.05, 0) is 28.1 Å². The Morgan fingerprint density at radius 3 is 2.43 bits per heavy atom. The first-order valence-corrected chi connectivity index (χ1v) is 6.86. The molecule has 0 aliphatic rings. The lowest BCUT2D eigenvalue weighted by Gasteiger charge is -2.22. The van der Waals surface area contributed by atoms with E-state index in [0.717, 1.165) is 21.6 Å². The molecule has 0 aliphatic heterocycles. The second-order valence-corrected chi connectivity index (χ2v) is 5.38. The quantitative estimate of drug-likeness (QED) is 0.573. The van der Waals surface area contributed by atoms with Crippen molar-refractivity contribution in [1.82, 2.24) is 9.55 Å². The van der Waals surface area contributed by atoms with E-state index in [1.165, 1.54) is 14.1 Å². The molecule has 0 amide bonds. The number of halogens is 6. The predicted octanol–water partition coefficient (Wildman–Crippen LogP) is 3.61. The van der Waals surface area contributed by atoms with Gasteiger partial charge in [0.2, 0.25) is 5.95 Å². The van der Waals surface area contributed by atoms with E-state index < -0.39 is 39.5 Å². The van der Waals surface area contributed by atoms with E-state index in [1.807, 2.05) is 0 Å². The Balaban J connectivity index is 2.64. The molecule has 0 saturated carbocycles. The van der Waals surface area contributed by atoms with Crippen LogP contribution >= 0.6 is 15.9 Å². The molecule has 0 N–H and O–H groups in total. The fourth-order valence-electron chi connectivity index (χ4n) is 1.86. The maximum absolute atomic E-state index is 14.1. The lowest BCUT2D eigenvalue weighted by Crippen LogP contribution is -2.28. The Kier molecular flexibility index (Phi) is 4.47. The molecule has 1 aromatic heterocycles. The minimum absolute atomic E-state index is 0.250. The number of nitrogens with zero attached hydrogens (tertiary/aromatic N) is 3. The predicted molar refractivity (Wildman–Crippen MR) is 76.6 cm³/mol. The van der Waals surface area contributed by atoms with E-state index in [4.69, 9.17) is 0 Å². The third kappa shape index (κ3) is 3.21. The van der Waals surface area contributed by atoms with Gasteiger partial charge in [-0.1, -0.05) is 0 Å². The van der Waals surface area contributed by atoms with Gasteiger partial charge in [-0.2, -0.15) is 13.2 Å². The molecule has 0 unspecified atom stereocenters. The summed E-state index contributed by atoms with van der Waals surface area (Å²) in [6.45, 7) is 0. The highest BCUT2D eigenvalue weighted by Gasteiger charge is 2.34.